The number of ether oxygens (including phenoxy) is 2. The molecule has 0 amide bonds. The van der Waals surface area contributed by atoms with E-state index >= 15 is 0 Å². The van der Waals surface area contributed by atoms with Crippen molar-refractivity contribution in [2.45, 2.75) is 69.7 Å². The van der Waals surface area contributed by atoms with Crippen LogP contribution in [0.3, 0.4) is 0 Å². The zero-order valence-electron chi connectivity index (χ0n) is 19.9. The lowest BCUT2D eigenvalue weighted by Crippen LogP contribution is -2.63. The number of Topliss-reactive ketones (excluding diaryl/α,β-unsaturated/α-hetero) is 1. The molecular formula is C26H34N2O6. The van der Waals surface area contributed by atoms with Crippen molar-refractivity contribution in [3.8, 4) is 0 Å². The fraction of sp³-hybridized carbons (Fsp3) is 0.692. The molecule has 1 unspecified atom stereocenters. The molecule has 8 heteroatoms. The molecule has 1 saturated heterocycles. The fourth-order valence-electron chi connectivity index (χ4n) is 8.55. The van der Waals surface area contributed by atoms with Gasteiger partial charge >= 0.3 is 0 Å². The number of fused-ring (bicyclic) bond motifs is 7. The topological polar surface area (TPSA) is 114 Å². The lowest BCUT2D eigenvalue weighted by atomic mass is 9.46. The minimum absolute atomic E-state index is 0.0118. The van der Waals surface area contributed by atoms with Crippen LogP contribution in [-0.4, -0.2) is 61.4 Å². The number of aryl methyl sites for hydroxylation is 1. The molecule has 8 nitrogen and oxygen atoms in total. The van der Waals surface area contributed by atoms with Crippen LogP contribution in [0.5, 0.6) is 0 Å². The van der Waals surface area contributed by atoms with Crippen LogP contribution in [0.25, 0.3) is 0 Å². The van der Waals surface area contributed by atoms with Gasteiger partial charge in [-0.05, 0) is 43.6 Å². The van der Waals surface area contributed by atoms with Crippen LogP contribution in [0.1, 0.15) is 51.5 Å². The molecule has 184 valence electrons. The zero-order valence-corrected chi connectivity index (χ0v) is 19.9. The maximum absolute atomic E-state index is 13.5. The molecule has 34 heavy (non-hydrogen) atoms. The van der Waals surface area contributed by atoms with Gasteiger partial charge in [0.2, 0.25) is 6.29 Å². The summed E-state index contributed by atoms with van der Waals surface area (Å²) < 4.78 is 14.6. The molecule has 0 aromatic carbocycles. The van der Waals surface area contributed by atoms with E-state index in [1.165, 1.54) is 5.57 Å². The maximum atomic E-state index is 13.5. The first-order chi connectivity index (χ1) is 16.2. The van der Waals surface area contributed by atoms with Gasteiger partial charge in [0.15, 0.2) is 11.4 Å². The third-order valence-electron chi connectivity index (χ3n) is 10.00. The van der Waals surface area contributed by atoms with Crippen molar-refractivity contribution < 1.29 is 29.6 Å². The van der Waals surface area contributed by atoms with E-state index < -0.39 is 42.2 Å². The summed E-state index contributed by atoms with van der Waals surface area (Å²) in [6.45, 7) is 3.59. The quantitative estimate of drug-likeness (QED) is 0.578. The molecule has 1 aliphatic heterocycles. The predicted molar refractivity (Wildman–Crippen MR) is 121 cm³/mol. The summed E-state index contributed by atoms with van der Waals surface area (Å²) in [6.07, 6.45) is 7.78. The van der Waals surface area contributed by atoms with E-state index in [4.69, 9.17) is 9.47 Å². The van der Waals surface area contributed by atoms with E-state index in [0.717, 1.165) is 18.5 Å². The minimum atomic E-state index is -1.32. The Balaban J connectivity index is 1.41. The van der Waals surface area contributed by atoms with E-state index in [0.29, 0.717) is 12.8 Å². The highest BCUT2D eigenvalue weighted by Crippen LogP contribution is 2.70. The molecule has 10 atom stereocenters. The van der Waals surface area contributed by atoms with Gasteiger partial charge in [0.1, 0.15) is 6.61 Å². The SMILES string of the molecule is Cn1nccc1[C@@H]1O[C@@H]2C[C@H]3[C@@H]4CCC5=CC(O)C=C[C@]5(C)[C@H]4[C@@H](O)C[C@]3(C)[C@]2(C(=O)CO)O1. The summed E-state index contributed by atoms with van der Waals surface area (Å²) in [5.41, 5.74) is -0.411. The van der Waals surface area contributed by atoms with Crippen LogP contribution < -0.4 is 0 Å². The summed E-state index contributed by atoms with van der Waals surface area (Å²) in [7, 11) is 1.80. The Labute approximate surface area is 199 Å². The molecule has 1 aromatic rings. The van der Waals surface area contributed by atoms with Gasteiger partial charge in [-0.15, -0.1) is 0 Å². The first-order valence-electron chi connectivity index (χ1n) is 12.4. The first kappa shape index (κ1) is 22.6. The van der Waals surface area contributed by atoms with Gasteiger partial charge in [0, 0.05) is 30.0 Å². The standard InChI is InChI=1S/C26H34N2O6/c1-24-8-6-15(30)10-14(24)4-5-16-17-11-21-26(20(32)13-29,25(17,2)12-19(31)22(16)24)34-23(33-21)18-7-9-27-28(18)3/h6-10,15-17,19,21-23,29-31H,4-5,11-13H2,1-3H3/t15?,16-,17-,19-,21+,22+,23+,24-,25-,26+/m0/s1. The van der Waals surface area contributed by atoms with Crippen molar-refractivity contribution in [3.05, 3.63) is 41.8 Å². The van der Waals surface area contributed by atoms with Crippen molar-refractivity contribution in [1.29, 1.82) is 0 Å². The van der Waals surface area contributed by atoms with Gasteiger partial charge in [-0.3, -0.25) is 9.48 Å². The second kappa shape index (κ2) is 7.34. The van der Waals surface area contributed by atoms with Crippen molar-refractivity contribution in [1.82, 2.24) is 9.78 Å². The van der Waals surface area contributed by atoms with Gasteiger partial charge in [0.05, 0.1) is 24.0 Å². The summed E-state index contributed by atoms with van der Waals surface area (Å²) >= 11 is 0. The Bertz CT molecular complexity index is 1080. The van der Waals surface area contributed by atoms with Crippen molar-refractivity contribution in [2.24, 2.45) is 35.6 Å². The Morgan fingerprint density at radius 3 is 2.82 bits per heavy atom. The predicted octanol–water partition coefficient (Wildman–Crippen LogP) is 1.81. The van der Waals surface area contributed by atoms with E-state index in [1.54, 1.807) is 17.9 Å². The van der Waals surface area contributed by atoms with Gasteiger partial charge in [0.25, 0.3) is 0 Å². The number of aliphatic hydroxyl groups excluding tert-OH is 3. The lowest BCUT2D eigenvalue weighted by Gasteiger charge is -2.60. The zero-order chi connectivity index (χ0) is 24.0. The molecule has 1 aromatic heterocycles. The monoisotopic (exact) mass is 470 g/mol. The number of allylic oxidation sites excluding steroid dienone is 2. The van der Waals surface area contributed by atoms with Gasteiger partial charge in [-0.2, -0.15) is 5.10 Å². The summed E-state index contributed by atoms with van der Waals surface area (Å²) in [5, 5.41) is 36.0. The van der Waals surface area contributed by atoms with Gasteiger partial charge in [-0.25, -0.2) is 0 Å². The molecule has 0 spiro atoms. The normalized spacial score (nSPS) is 49.1. The van der Waals surface area contributed by atoms with E-state index in [-0.39, 0.29) is 29.0 Å². The third kappa shape index (κ3) is 2.66. The fourth-order valence-corrected chi connectivity index (χ4v) is 8.55. The van der Waals surface area contributed by atoms with Crippen molar-refractivity contribution in [2.75, 3.05) is 6.61 Å². The number of hydrogen-bond donors (Lipinski definition) is 3. The number of carbonyl (C=O) groups is 1. The summed E-state index contributed by atoms with van der Waals surface area (Å²) in [6, 6.07) is 1.81. The number of rotatable bonds is 3. The van der Waals surface area contributed by atoms with Crippen LogP contribution in [0, 0.1) is 28.6 Å². The van der Waals surface area contributed by atoms with Crippen LogP contribution in [0.4, 0.5) is 0 Å². The van der Waals surface area contributed by atoms with E-state index in [2.05, 4.69) is 18.1 Å². The Kier molecular flexibility index (Phi) is 4.88. The van der Waals surface area contributed by atoms with Gasteiger partial charge < -0.3 is 24.8 Å². The molecule has 3 saturated carbocycles. The second-order valence-corrected chi connectivity index (χ2v) is 11.4. The van der Waals surface area contributed by atoms with Gasteiger partial charge in [-0.1, -0.05) is 37.6 Å². The van der Waals surface area contributed by atoms with Crippen molar-refractivity contribution in [3.63, 3.8) is 0 Å². The van der Waals surface area contributed by atoms with Crippen LogP contribution in [-0.2, 0) is 21.3 Å². The summed E-state index contributed by atoms with van der Waals surface area (Å²) in [4.78, 5) is 13.5. The lowest BCUT2D eigenvalue weighted by molar-refractivity contribution is -0.202. The molecule has 2 heterocycles. The molecule has 0 radical (unpaired) electrons. The second-order valence-electron chi connectivity index (χ2n) is 11.4. The molecule has 5 aliphatic rings. The van der Waals surface area contributed by atoms with Crippen molar-refractivity contribution >= 4 is 5.78 Å². The number of hydrogen-bond acceptors (Lipinski definition) is 7. The van der Waals surface area contributed by atoms with Crippen LogP contribution in [0.15, 0.2) is 36.1 Å². The van der Waals surface area contributed by atoms with E-state index in [9.17, 15) is 20.1 Å². The molecule has 6 rings (SSSR count). The third-order valence-corrected chi connectivity index (χ3v) is 10.00. The largest absolute Gasteiger partial charge is 0.393 e. The molecular weight excluding hydrogens is 436 g/mol. The first-order valence-corrected chi connectivity index (χ1v) is 12.4. The minimum Gasteiger partial charge on any atom is -0.393 e. The Hall–Kier alpha value is -1.84. The molecule has 4 fully saturated rings. The summed E-state index contributed by atoms with van der Waals surface area (Å²) in [5.74, 6) is -0.108. The Morgan fingerprint density at radius 1 is 1.32 bits per heavy atom. The number of ketones is 1. The highest BCUT2D eigenvalue weighted by Gasteiger charge is 2.76. The molecule has 0 bridgehead atoms. The number of carbonyl (C=O) groups excluding carboxylic acids is 1. The van der Waals surface area contributed by atoms with Crippen LogP contribution >= 0.6 is 0 Å². The number of aliphatic hydroxyl groups is 3. The smallest absolute Gasteiger partial charge is 0.202 e. The maximum Gasteiger partial charge on any atom is 0.202 e. The number of nitrogens with zero attached hydrogens (tertiary/aromatic N) is 2. The van der Waals surface area contributed by atoms with Crippen LogP contribution in [0.2, 0.25) is 0 Å². The number of aromatic nitrogens is 2. The average Bonchev–Trinajstić information content (AvgIpc) is 3.45. The highest BCUT2D eigenvalue weighted by atomic mass is 16.7. The average molecular weight is 471 g/mol. The van der Waals surface area contributed by atoms with E-state index in [1.807, 2.05) is 25.1 Å². The Morgan fingerprint density at radius 2 is 2.12 bits per heavy atom. The highest BCUT2D eigenvalue weighted by molar-refractivity contribution is 5.91. The molecule has 4 aliphatic carbocycles. The molecule has 3 N–H and O–H groups in total.